The van der Waals surface area contributed by atoms with Crippen LogP contribution in [0, 0.1) is 11.7 Å². The molecule has 0 saturated heterocycles. The largest absolute Gasteiger partial charge is 0.417 e. The summed E-state index contributed by atoms with van der Waals surface area (Å²) in [5.74, 6) is -4.77. The highest BCUT2D eigenvalue weighted by atomic mass is 19.4. The number of nitrogens with one attached hydrogen (secondary N) is 4. The molecule has 1 aliphatic carbocycles. The van der Waals surface area contributed by atoms with E-state index < -0.39 is 54.1 Å². The fourth-order valence-electron chi connectivity index (χ4n) is 4.85. The van der Waals surface area contributed by atoms with Crippen molar-refractivity contribution < 1.29 is 36.7 Å². The zero-order valence-corrected chi connectivity index (χ0v) is 22.8. The van der Waals surface area contributed by atoms with E-state index in [0.29, 0.717) is 19.4 Å². The molecule has 1 heterocycles. The molecule has 0 bridgehead atoms. The average Bonchev–Trinajstić information content (AvgIpc) is 3.25. The fraction of sp³-hybridized carbons (Fsp3) is 0.519. The van der Waals surface area contributed by atoms with Gasteiger partial charge < -0.3 is 21.3 Å². The zero-order chi connectivity index (χ0) is 30.2. The molecule has 1 aliphatic rings. The lowest BCUT2D eigenvalue weighted by Crippen LogP contribution is -2.54. The van der Waals surface area contributed by atoms with Crippen LogP contribution in [0.3, 0.4) is 0 Å². The van der Waals surface area contributed by atoms with E-state index in [1.165, 1.54) is 23.0 Å². The fourth-order valence-corrected chi connectivity index (χ4v) is 4.85. The van der Waals surface area contributed by atoms with Crippen molar-refractivity contribution >= 4 is 29.3 Å². The molecule has 0 spiro atoms. The van der Waals surface area contributed by atoms with Crippen molar-refractivity contribution in [3.63, 3.8) is 0 Å². The van der Waals surface area contributed by atoms with Crippen LogP contribution in [0.4, 0.5) is 23.2 Å². The van der Waals surface area contributed by atoms with Crippen LogP contribution < -0.4 is 21.3 Å². The van der Waals surface area contributed by atoms with Gasteiger partial charge in [-0.15, -0.1) is 0 Å². The first-order chi connectivity index (χ1) is 19.4. The van der Waals surface area contributed by atoms with Crippen LogP contribution >= 0.6 is 0 Å². The number of nitrogens with zero attached hydrogens (tertiary/aromatic N) is 2. The quantitative estimate of drug-likeness (QED) is 0.252. The number of likely N-dealkylation sites (N-methyl/N-ethyl adjacent to an activating group) is 1. The van der Waals surface area contributed by atoms with Crippen LogP contribution in [-0.2, 0) is 27.3 Å². The molecule has 0 radical (unpaired) electrons. The maximum atomic E-state index is 15.0. The number of aryl methyl sites for hydroxylation is 1. The van der Waals surface area contributed by atoms with E-state index in [0.717, 1.165) is 38.8 Å². The summed E-state index contributed by atoms with van der Waals surface area (Å²) >= 11 is 0. The number of halogens is 4. The van der Waals surface area contributed by atoms with E-state index in [4.69, 9.17) is 0 Å². The lowest BCUT2D eigenvalue weighted by atomic mass is 9.91. The first-order valence-electron chi connectivity index (χ1n) is 13.4. The Labute approximate surface area is 234 Å². The summed E-state index contributed by atoms with van der Waals surface area (Å²) in [4.78, 5) is 50.1. The second-order valence-corrected chi connectivity index (χ2v) is 9.87. The number of carbonyl (C=O) groups excluding carboxylic acids is 4. The summed E-state index contributed by atoms with van der Waals surface area (Å²) in [6.07, 6.45) is 1.03. The molecule has 1 aromatic heterocycles. The van der Waals surface area contributed by atoms with Gasteiger partial charge in [0.2, 0.25) is 17.9 Å². The molecule has 1 aromatic carbocycles. The maximum absolute atomic E-state index is 15.0. The highest BCUT2D eigenvalue weighted by Gasteiger charge is 2.45. The summed E-state index contributed by atoms with van der Waals surface area (Å²) in [5, 5.41) is 12.8. The molecular formula is C27H34F4N6O4. The van der Waals surface area contributed by atoms with E-state index in [9.17, 15) is 36.7 Å². The number of benzene rings is 1. The molecule has 41 heavy (non-hydrogen) atoms. The molecule has 0 aliphatic heterocycles. The van der Waals surface area contributed by atoms with Gasteiger partial charge >= 0.3 is 6.18 Å². The monoisotopic (exact) mass is 582 g/mol. The van der Waals surface area contributed by atoms with Crippen LogP contribution in [-0.4, -0.2) is 58.7 Å². The SMILES string of the molecule is CCn1nccc1C(=O)NC(C(=O)Nc1ccc(CC(=O)NC(C(=O)NC)C(F)(F)F)cc1F)C1CCCCCC1. The van der Waals surface area contributed by atoms with E-state index in [1.807, 2.05) is 12.2 Å². The smallest absolute Gasteiger partial charge is 0.357 e. The topological polar surface area (TPSA) is 134 Å². The number of hydrogen-bond acceptors (Lipinski definition) is 5. The minimum absolute atomic E-state index is 0.0253. The van der Waals surface area contributed by atoms with Gasteiger partial charge in [-0.1, -0.05) is 31.7 Å². The Morgan fingerprint density at radius 2 is 1.71 bits per heavy atom. The Balaban J connectivity index is 1.73. The van der Waals surface area contributed by atoms with Gasteiger partial charge in [-0.3, -0.25) is 23.9 Å². The van der Waals surface area contributed by atoms with Crippen molar-refractivity contribution in [3.8, 4) is 0 Å². The van der Waals surface area contributed by atoms with Gasteiger partial charge in [-0.2, -0.15) is 18.3 Å². The highest BCUT2D eigenvalue weighted by Crippen LogP contribution is 2.27. The highest BCUT2D eigenvalue weighted by molar-refractivity contribution is 6.00. The molecule has 1 saturated carbocycles. The summed E-state index contributed by atoms with van der Waals surface area (Å²) in [6, 6.07) is 1.22. The molecule has 1 fully saturated rings. The Morgan fingerprint density at radius 3 is 2.29 bits per heavy atom. The molecule has 4 amide bonds. The lowest BCUT2D eigenvalue weighted by molar-refractivity contribution is -0.171. The van der Waals surface area contributed by atoms with Gasteiger partial charge in [0.05, 0.1) is 12.1 Å². The Morgan fingerprint density at radius 1 is 1.02 bits per heavy atom. The number of amides is 4. The predicted octanol–water partition coefficient (Wildman–Crippen LogP) is 3.09. The molecule has 3 rings (SSSR count). The molecule has 14 heteroatoms. The van der Waals surface area contributed by atoms with Crippen LogP contribution in [0.5, 0.6) is 0 Å². The van der Waals surface area contributed by atoms with Gasteiger partial charge in [0, 0.05) is 19.8 Å². The van der Waals surface area contributed by atoms with Crippen LogP contribution in [0.25, 0.3) is 0 Å². The molecular weight excluding hydrogens is 548 g/mol. The Kier molecular flexibility index (Phi) is 10.8. The van der Waals surface area contributed by atoms with Crippen molar-refractivity contribution in [3.05, 3.63) is 47.5 Å². The van der Waals surface area contributed by atoms with E-state index in [-0.39, 0.29) is 22.9 Å². The first kappa shape index (κ1) is 31.6. The predicted molar refractivity (Wildman–Crippen MR) is 141 cm³/mol. The molecule has 4 N–H and O–H groups in total. The Bertz CT molecular complexity index is 1240. The van der Waals surface area contributed by atoms with Crippen molar-refractivity contribution in [2.45, 2.75) is 76.7 Å². The van der Waals surface area contributed by atoms with Crippen molar-refractivity contribution in [2.75, 3.05) is 12.4 Å². The van der Waals surface area contributed by atoms with Crippen LogP contribution in [0.2, 0.25) is 0 Å². The number of rotatable bonds is 10. The number of alkyl halides is 3. The molecule has 2 aromatic rings. The van der Waals surface area contributed by atoms with Crippen molar-refractivity contribution in [2.24, 2.45) is 5.92 Å². The second kappa shape index (κ2) is 14.1. The van der Waals surface area contributed by atoms with Crippen LogP contribution in [0.15, 0.2) is 30.5 Å². The van der Waals surface area contributed by atoms with Gasteiger partial charge in [0.1, 0.15) is 17.6 Å². The summed E-state index contributed by atoms with van der Waals surface area (Å²) in [6.45, 7) is 2.28. The minimum Gasteiger partial charge on any atom is -0.357 e. The third kappa shape index (κ3) is 8.51. The number of carbonyl (C=O) groups is 4. The lowest BCUT2D eigenvalue weighted by Gasteiger charge is -2.26. The van der Waals surface area contributed by atoms with Gasteiger partial charge in [0.15, 0.2) is 0 Å². The standard InChI is InChI=1S/C27H34F4N6O4/c1-3-37-20(12-13-33-37)24(39)36-22(17-8-6-4-5-7-9-17)25(40)34-19-11-10-16(14-18(19)28)15-21(38)35-23(26(41)32-2)27(29,30)31/h10-14,17,22-23H,3-9,15H2,1-2H3,(H,32,41)(H,34,40)(H,35,38)(H,36,39). The zero-order valence-electron chi connectivity index (χ0n) is 22.8. The first-order valence-corrected chi connectivity index (χ1v) is 13.4. The maximum Gasteiger partial charge on any atom is 0.417 e. The van der Waals surface area contributed by atoms with E-state index >= 15 is 0 Å². The van der Waals surface area contributed by atoms with E-state index in [1.54, 1.807) is 11.4 Å². The normalized spacial score (nSPS) is 15.8. The summed E-state index contributed by atoms with van der Waals surface area (Å²) in [5.41, 5.74) is 0.0957. The van der Waals surface area contributed by atoms with Crippen molar-refractivity contribution in [1.29, 1.82) is 0 Å². The summed E-state index contributed by atoms with van der Waals surface area (Å²) in [7, 11) is 1.00. The van der Waals surface area contributed by atoms with Gasteiger partial charge in [0.25, 0.3) is 11.8 Å². The minimum atomic E-state index is -5.02. The third-order valence-electron chi connectivity index (χ3n) is 6.99. The Hall–Kier alpha value is -3.97. The third-order valence-corrected chi connectivity index (χ3v) is 6.99. The molecule has 2 unspecified atom stereocenters. The van der Waals surface area contributed by atoms with Crippen molar-refractivity contribution in [1.82, 2.24) is 25.7 Å². The summed E-state index contributed by atoms with van der Waals surface area (Å²) < 4.78 is 55.8. The number of anilines is 1. The van der Waals surface area contributed by atoms with Crippen LogP contribution in [0.1, 0.15) is 61.5 Å². The number of hydrogen-bond donors (Lipinski definition) is 4. The van der Waals surface area contributed by atoms with Gasteiger partial charge in [-0.25, -0.2) is 4.39 Å². The second-order valence-electron chi connectivity index (χ2n) is 9.87. The van der Waals surface area contributed by atoms with Gasteiger partial charge in [-0.05, 0) is 49.4 Å². The van der Waals surface area contributed by atoms with E-state index in [2.05, 4.69) is 15.7 Å². The average molecular weight is 583 g/mol. The molecule has 2 atom stereocenters. The molecule has 10 nitrogen and oxygen atoms in total. The number of aromatic nitrogens is 2. The molecule has 224 valence electrons.